The summed E-state index contributed by atoms with van der Waals surface area (Å²) in [5.41, 5.74) is 0. The van der Waals surface area contributed by atoms with Crippen LogP contribution in [-0.2, 0) is 4.79 Å². The number of carboxylic acid groups (broad SMARTS) is 1. The third-order valence-corrected chi connectivity index (χ3v) is 3.46. The Labute approximate surface area is 85.1 Å². The molecule has 2 N–H and O–H groups in total. The Bertz CT molecular complexity index is 193. The second kappa shape index (κ2) is 4.78. The van der Waals surface area contributed by atoms with Crippen molar-refractivity contribution in [3.05, 3.63) is 0 Å². The molecule has 0 aliphatic heterocycles. The molecule has 0 aromatic carbocycles. The van der Waals surface area contributed by atoms with Crippen LogP contribution in [0.3, 0.4) is 0 Å². The van der Waals surface area contributed by atoms with Crippen LogP contribution < -0.4 is 0 Å². The highest BCUT2D eigenvalue weighted by atomic mass is 16.4. The molecule has 0 aromatic rings. The van der Waals surface area contributed by atoms with Crippen LogP contribution in [0.1, 0.15) is 39.5 Å². The summed E-state index contributed by atoms with van der Waals surface area (Å²) in [5.74, 6) is 0.297. The molecule has 0 heterocycles. The maximum atomic E-state index is 10.6. The Morgan fingerprint density at radius 2 is 1.57 bits per heavy atom. The fraction of sp³-hybridized carbons (Fsp3) is 0.909. The van der Waals surface area contributed by atoms with Gasteiger partial charge in [0.25, 0.3) is 0 Å². The van der Waals surface area contributed by atoms with Gasteiger partial charge in [-0.1, -0.05) is 13.8 Å². The van der Waals surface area contributed by atoms with E-state index in [1.54, 1.807) is 0 Å². The van der Waals surface area contributed by atoms with Crippen molar-refractivity contribution in [3.63, 3.8) is 0 Å². The number of hydrogen-bond acceptors (Lipinski definition) is 2. The van der Waals surface area contributed by atoms with Gasteiger partial charge in [-0.05, 0) is 43.4 Å². The summed E-state index contributed by atoms with van der Waals surface area (Å²) in [6.45, 7) is 4.41. The van der Waals surface area contributed by atoms with Crippen LogP contribution in [0, 0.1) is 17.8 Å². The molecule has 0 aromatic heterocycles. The van der Waals surface area contributed by atoms with E-state index < -0.39 is 12.1 Å². The Hall–Kier alpha value is -0.570. The van der Waals surface area contributed by atoms with Gasteiger partial charge in [-0.2, -0.15) is 0 Å². The zero-order valence-corrected chi connectivity index (χ0v) is 8.94. The first-order valence-electron chi connectivity index (χ1n) is 5.43. The predicted octanol–water partition coefficient (Wildman–Crippen LogP) is 1.89. The summed E-state index contributed by atoms with van der Waals surface area (Å²) in [6.07, 6.45) is 2.69. The summed E-state index contributed by atoms with van der Waals surface area (Å²) in [6, 6.07) is 0. The highest BCUT2D eigenvalue weighted by Crippen LogP contribution is 2.34. The van der Waals surface area contributed by atoms with Crippen molar-refractivity contribution in [3.8, 4) is 0 Å². The van der Waals surface area contributed by atoms with Gasteiger partial charge in [0.15, 0.2) is 6.10 Å². The van der Waals surface area contributed by atoms with E-state index in [1.807, 2.05) is 0 Å². The smallest absolute Gasteiger partial charge is 0.332 e. The summed E-state index contributed by atoms with van der Waals surface area (Å²) < 4.78 is 0. The molecule has 1 fully saturated rings. The molecule has 3 nitrogen and oxygen atoms in total. The average molecular weight is 200 g/mol. The topological polar surface area (TPSA) is 57.5 Å². The minimum absolute atomic E-state index is 0.0255. The van der Waals surface area contributed by atoms with Crippen molar-refractivity contribution >= 4 is 5.97 Å². The van der Waals surface area contributed by atoms with Crippen LogP contribution in [0.4, 0.5) is 0 Å². The lowest BCUT2D eigenvalue weighted by atomic mass is 9.75. The molecule has 82 valence electrons. The maximum Gasteiger partial charge on any atom is 0.332 e. The zero-order chi connectivity index (χ0) is 10.7. The van der Waals surface area contributed by atoms with Gasteiger partial charge < -0.3 is 10.2 Å². The van der Waals surface area contributed by atoms with Gasteiger partial charge in [0, 0.05) is 0 Å². The van der Waals surface area contributed by atoms with Crippen molar-refractivity contribution in [2.45, 2.75) is 45.6 Å². The lowest BCUT2D eigenvalue weighted by Gasteiger charge is -2.31. The van der Waals surface area contributed by atoms with Crippen molar-refractivity contribution in [1.82, 2.24) is 0 Å². The van der Waals surface area contributed by atoms with Crippen LogP contribution in [-0.4, -0.2) is 22.3 Å². The molecule has 1 unspecified atom stereocenters. The molecule has 0 radical (unpaired) electrons. The van der Waals surface area contributed by atoms with E-state index in [2.05, 4.69) is 13.8 Å². The standard InChI is InChI=1S/C11H20O3/c1-7(2)8-3-5-9(6-4-8)10(12)11(13)14/h7-10,12H,3-6H2,1-2H3,(H,13,14). The predicted molar refractivity (Wildman–Crippen MR) is 53.9 cm³/mol. The molecule has 1 atom stereocenters. The first-order chi connectivity index (χ1) is 6.52. The van der Waals surface area contributed by atoms with E-state index in [1.165, 1.54) is 0 Å². The molecule has 14 heavy (non-hydrogen) atoms. The molecule has 0 saturated heterocycles. The minimum atomic E-state index is -1.15. The van der Waals surface area contributed by atoms with Gasteiger partial charge in [-0.15, -0.1) is 0 Å². The number of aliphatic hydroxyl groups excluding tert-OH is 1. The second-order valence-corrected chi connectivity index (χ2v) is 4.70. The highest BCUT2D eigenvalue weighted by Gasteiger charge is 2.31. The average Bonchev–Trinajstić information content (AvgIpc) is 2.16. The highest BCUT2D eigenvalue weighted by molar-refractivity contribution is 5.72. The fourth-order valence-corrected chi connectivity index (χ4v) is 2.33. The van der Waals surface area contributed by atoms with Crippen molar-refractivity contribution in [1.29, 1.82) is 0 Å². The molecule has 1 saturated carbocycles. The van der Waals surface area contributed by atoms with Crippen LogP contribution >= 0.6 is 0 Å². The van der Waals surface area contributed by atoms with Crippen LogP contribution in [0.25, 0.3) is 0 Å². The largest absolute Gasteiger partial charge is 0.479 e. The maximum absolute atomic E-state index is 10.6. The van der Waals surface area contributed by atoms with Gasteiger partial charge >= 0.3 is 5.97 Å². The second-order valence-electron chi connectivity index (χ2n) is 4.70. The Kier molecular flexibility index (Phi) is 3.93. The van der Waals surface area contributed by atoms with Crippen molar-refractivity contribution in [2.75, 3.05) is 0 Å². The fourth-order valence-electron chi connectivity index (χ4n) is 2.33. The van der Waals surface area contributed by atoms with E-state index in [9.17, 15) is 9.90 Å². The molecule has 1 aliphatic carbocycles. The molecule has 1 aliphatic rings. The molecular formula is C11H20O3. The summed E-state index contributed by atoms with van der Waals surface area (Å²) in [7, 11) is 0. The lowest BCUT2D eigenvalue weighted by molar-refractivity contribution is -0.150. The SMILES string of the molecule is CC(C)C1CCC(C(O)C(=O)O)CC1. The van der Waals surface area contributed by atoms with Gasteiger partial charge in [0.05, 0.1) is 0 Å². The van der Waals surface area contributed by atoms with Crippen molar-refractivity contribution < 1.29 is 15.0 Å². The first kappa shape index (κ1) is 11.5. The molecule has 1 rings (SSSR count). The molecule has 3 heteroatoms. The number of rotatable bonds is 3. The molecule has 0 bridgehead atoms. The summed E-state index contributed by atoms with van der Waals surface area (Å²) in [4.78, 5) is 10.6. The van der Waals surface area contributed by atoms with E-state index in [4.69, 9.17) is 5.11 Å². The van der Waals surface area contributed by atoms with Crippen LogP contribution in [0.2, 0.25) is 0 Å². The Morgan fingerprint density at radius 3 is 1.93 bits per heavy atom. The lowest BCUT2D eigenvalue weighted by Crippen LogP contribution is -2.33. The Morgan fingerprint density at radius 1 is 1.14 bits per heavy atom. The number of carbonyl (C=O) groups is 1. The van der Waals surface area contributed by atoms with Gasteiger partial charge in [-0.25, -0.2) is 4.79 Å². The third-order valence-electron chi connectivity index (χ3n) is 3.46. The number of aliphatic hydroxyl groups is 1. The quantitative estimate of drug-likeness (QED) is 0.731. The summed E-state index contributed by atoms with van der Waals surface area (Å²) >= 11 is 0. The van der Waals surface area contributed by atoms with E-state index in [-0.39, 0.29) is 5.92 Å². The van der Waals surface area contributed by atoms with Gasteiger partial charge in [0.2, 0.25) is 0 Å². The summed E-state index contributed by atoms with van der Waals surface area (Å²) in [5, 5.41) is 18.0. The van der Waals surface area contributed by atoms with Crippen LogP contribution in [0.15, 0.2) is 0 Å². The number of aliphatic carboxylic acids is 1. The normalized spacial score (nSPS) is 30.3. The minimum Gasteiger partial charge on any atom is -0.479 e. The first-order valence-corrected chi connectivity index (χ1v) is 5.43. The third kappa shape index (κ3) is 2.71. The number of hydrogen-bond donors (Lipinski definition) is 2. The molecule has 0 amide bonds. The van der Waals surface area contributed by atoms with Gasteiger partial charge in [0.1, 0.15) is 0 Å². The Balaban J connectivity index is 2.39. The van der Waals surface area contributed by atoms with Crippen molar-refractivity contribution in [2.24, 2.45) is 17.8 Å². The van der Waals surface area contributed by atoms with E-state index in [0.29, 0.717) is 11.8 Å². The number of carboxylic acids is 1. The van der Waals surface area contributed by atoms with E-state index >= 15 is 0 Å². The van der Waals surface area contributed by atoms with Crippen LogP contribution in [0.5, 0.6) is 0 Å². The monoisotopic (exact) mass is 200 g/mol. The molecule has 0 spiro atoms. The van der Waals surface area contributed by atoms with Gasteiger partial charge in [-0.3, -0.25) is 0 Å². The molecular weight excluding hydrogens is 180 g/mol. The van der Waals surface area contributed by atoms with E-state index in [0.717, 1.165) is 25.7 Å². The zero-order valence-electron chi connectivity index (χ0n) is 8.94.